The van der Waals surface area contributed by atoms with E-state index in [1.165, 1.54) is 0 Å². The number of nitrogens with two attached hydrogens (primary N) is 1. The normalized spacial score (nSPS) is 10.2. The van der Waals surface area contributed by atoms with Crippen LogP contribution in [0, 0.1) is 6.92 Å². The smallest absolute Gasteiger partial charge is 0.170 e. The molecule has 0 fully saturated rings. The summed E-state index contributed by atoms with van der Waals surface area (Å²) in [6, 6.07) is 3.56. The predicted octanol–water partition coefficient (Wildman–Crippen LogP) is 1.63. The summed E-state index contributed by atoms with van der Waals surface area (Å²) in [5.41, 5.74) is 7.99. The van der Waals surface area contributed by atoms with Crippen LogP contribution in [0.15, 0.2) is 29.0 Å². The molecule has 2 aromatic heterocycles. The van der Waals surface area contributed by atoms with E-state index in [0.717, 1.165) is 11.3 Å². The lowest BCUT2D eigenvalue weighted by molar-refractivity contribution is 0.427. The van der Waals surface area contributed by atoms with Crippen molar-refractivity contribution in [1.82, 2.24) is 10.1 Å². The van der Waals surface area contributed by atoms with E-state index in [1.54, 1.807) is 18.5 Å². The molecule has 2 aromatic rings. The molecule has 0 saturated carbocycles. The molecule has 0 aliphatic heterocycles. The van der Waals surface area contributed by atoms with E-state index in [2.05, 4.69) is 10.1 Å². The van der Waals surface area contributed by atoms with Crippen molar-refractivity contribution in [1.29, 1.82) is 0 Å². The summed E-state index contributed by atoms with van der Waals surface area (Å²) < 4.78 is 5.06. The molecule has 0 aromatic carbocycles. The first-order chi connectivity index (χ1) is 6.27. The van der Waals surface area contributed by atoms with Crippen LogP contribution in [0.1, 0.15) is 5.69 Å². The van der Waals surface area contributed by atoms with Gasteiger partial charge in [0, 0.05) is 24.1 Å². The van der Waals surface area contributed by atoms with Gasteiger partial charge in [-0.15, -0.1) is 0 Å². The zero-order valence-electron chi connectivity index (χ0n) is 7.19. The monoisotopic (exact) mass is 175 g/mol. The van der Waals surface area contributed by atoms with Gasteiger partial charge >= 0.3 is 0 Å². The minimum atomic E-state index is 0.645. The van der Waals surface area contributed by atoms with Crippen molar-refractivity contribution < 1.29 is 4.52 Å². The Morgan fingerprint density at radius 1 is 1.46 bits per heavy atom. The Morgan fingerprint density at radius 2 is 2.31 bits per heavy atom. The Kier molecular flexibility index (Phi) is 1.73. The highest BCUT2D eigenvalue weighted by Gasteiger charge is 2.06. The van der Waals surface area contributed by atoms with Crippen molar-refractivity contribution in [3.05, 3.63) is 30.2 Å². The van der Waals surface area contributed by atoms with E-state index in [-0.39, 0.29) is 0 Å². The highest BCUT2D eigenvalue weighted by atomic mass is 16.5. The Labute approximate surface area is 75.4 Å². The highest BCUT2D eigenvalue weighted by molar-refractivity contribution is 5.71. The van der Waals surface area contributed by atoms with Crippen LogP contribution in [0.5, 0.6) is 0 Å². The number of aromatic nitrogens is 2. The fourth-order valence-electron chi connectivity index (χ4n) is 1.10. The van der Waals surface area contributed by atoms with Crippen molar-refractivity contribution >= 4 is 5.69 Å². The number of nitrogen functional groups attached to an aromatic ring is 1. The van der Waals surface area contributed by atoms with E-state index >= 15 is 0 Å². The molecule has 4 nitrogen and oxygen atoms in total. The second-order valence-corrected chi connectivity index (χ2v) is 2.80. The van der Waals surface area contributed by atoms with Crippen LogP contribution < -0.4 is 5.73 Å². The Balaban J connectivity index is 2.52. The summed E-state index contributed by atoms with van der Waals surface area (Å²) in [5, 5.41) is 3.78. The van der Waals surface area contributed by atoms with Crippen LogP contribution in [-0.4, -0.2) is 10.1 Å². The summed E-state index contributed by atoms with van der Waals surface area (Å²) in [6.07, 6.45) is 3.30. The van der Waals surface area contributed by atoms with Crippen LogP contribution >= 0.6 is 0 Å². The van der Waals surface area contributed by atoms with Crippen molar-refractivity contribution in [2.24, 2.45) is 0 Å². The average molecular weight is 175 g/mol. The molecule has 66 valence electrons. The SMILES string of the molecule is Cc1cc(-c2cnccc2N)on1. The number of hydrogen-bond acceptors (Lipinski definition) is 4. The third kappa shape index (κ3) is 1.38. The Hall–Kier alpha value is -1.84. The van der Waals surface area contributed by atoms with Gasteiger partial charge < -0.3 is 10.3 Å². The molecule has 2 heterocycles. The van der Waals surface area contributed by atoms with Gasteiger partial charge in [0.2, 0.25) is 0 Å². The first-order valence-corrected chi connectivity index (χ1v) is 3.90. The van der Waals surface area contributed by atoms with Crippen molar-refractivity contribution in [2.75, 3.05) is 5.73 Å². The maximum Gasteiger partial charge on any atom is 0.170 e. The minimum absolute atomic E-state index is 0.645. The molecule has 2 N–H and O–H groups in total. The number of rotatable bonds is 1. The third-order valence-corrected chi connectivity index (χ3v) is 1.75. The largest absolute Gasteiger partial charge is 0.398 e. The van der Waals surface area contributed by atoms with Gasteiger partial charge in [-0.05, 0) is 13.0 Å². The van der Waals surface area contributed by atoms with Crippen LogP contribution in [0.2, 0.25) is 0 Å². The summed E-state index contributed by atoms with van der Waals surface area (Å²) in [5.74, 6) is 0.656. The van der Waals surface area contributed by atoms with Crippen molar-refractivity contribution in [3.8, 4) is 11.3 Å². The highest BCUT2D eigenvalue weighted by Crippen LogP contribution is 2.24. The summed E-state index contributed by atoms with van der Waals surface area (Å²) in [6.45, 7) is 1.86. The second-order valence-electron chi connectivity index (χ2n) is 2.80. The van der Waals surface area contributed by atoms with E-state index < -0.39 is 0 Å². The Morgan fingerprint density at radius 3 is 2.92 bits per heavy atom. The van der Waals surface area contributed by atoms with Gasteiger partial charge in [0.25, 0.3) is 0 Å². The quantitative estimate of drug-likeness (QED) is 0.715. The molecule has 0 unspecified atom stereocenters. The minimum Gasteiger partial charge on any atom is -0.398 e. The van der Waals surface area contributed by atoms with Gasteiger partial charge in [-0.3, -0.25) is 4.98 Å². The average Bonchev–Trinajstić information content (AvgIpc) is 2.53. The van der Waals surface area contributed by atoms with Gasteiger partial charge in [-0.25, -0.2) is 0 Å². The van der Waals surface area contributed by atoms with Gasteiger partial charge in [0.1, 0.15) is 0 Å². The van der Waals surface area contributed by atoms with E-state index in [4.69, 9.17) is 10.3 Å². The van der Waals surface area contributed by atoms with E-state index in [0.29, 0.717) is 11.4 Å². The maximum atomic E-state index is 5.73. The van der Waals surface area contributed by atoms with Gasteiger partial charge in [-0.2, -0.15) is 0 Å². The van der Waals surface area contributed by atoms with Gasteiger partial charge in [-0.1, -0.05) is 5.16 Å². The molecule has 0 amide bonds. The van der Waals surface area contributed by atoms with E-state index in [9.17, 15) is 0 Å². The predicted molar refractivity (Wildman–Crippen MR) is 48.9 cm³/mol. The van der Waals surface area contributed by atoms with Crippen molar-refractivity contribution in [2.45, 2.75) is 6.92 Å². The molecule has 4 heteroatoms. The molecular weight excluding hydrogens is 166 g/mol. The zero-order chi connectivity index (χ0) is 9.26. The molecule has 0 spiro atoms. The zero-order valence-corrected chi connectivity index (χ0v) is 7.19. The summed E-state index contributed by atoms with van der Waals surface area (Å²) in [7, 11) is 0. The third-order valence-electron chi connectivity index (χ3n) is 1.75. The lowest BCUT2D eigenvalue weighted by Crippen LogP contribution is -1.89. The lowest BCUT2D eigenvalue weighted by atomic mass is 10.2. The maximum absolute atomic E-state index is 5.73. The molecular formula is C9H9N3O. The number of nitrogens with zero attached hydrogens (tertiary/aromatic N) is 2. The van der Waals surface area contributed by atoms with Crippen LogP contribution in [0.25, 0.3) is 11.3 Å². The first kappa shape index (κ1) is 7.79. The van der Waals surface area contributed by atoms with Crippen LogP contribution in [0.3, 0.4) is 0 Å². The summed E-state index contributed by atoms with van der Waals surface area (Å²) >= 11 is 0. The molecule has 13 heavy (non-hydrogen) atoms. The number of pyridine rings is 1. The molecule has 0 saturated heterocycles. The van der Waals surface area contributed by atoms with E-state index in [1.807, 2.05) is 13.0 Å². The topological polar surface area (TPSA) is 64.9 Å². The van der Waals surface area contributed by atoms with Gasteiger partial charge in [0.05, 0.1) is 11.3 Å². The standard InChI is InChI=1S/C9H9N3O/c1-6-4-9(13-12-6)7-5-11-3-2-8(7)10/h2-5H,1H3,(H2,10,11). The van der Waals surface area contributed by atoms with Crippen molar-refractivity contribution in [3.63, 3.8) is 0 Å². The van der Waals surface area contributed by atoms with Crippen LogP contribution in [-0.2, 0) is 0 Å². The molecule has 0 aliphatic carbocycles. The molecule has 0 aliphatic rings. The Bertz CT molecular complexity index is 422. The molecule has 0 atom stereocenters. The lowest BCUT2D eigenvalue weighted by Gasteiger charge is -1.97. The fraction of sp³-hybridized carbons (Fsp3) is 0.111. The molecule has 0 radical (unpaired) electrons. The second kappa shape index (κ2) is 2.90. The molecule has 2 rings (SSSR count). The number of anilines is 1. The first-order valence-electron chi connectivity index (χ1n) is 3.90. The molecule has 0 bridgehead atoms. The van der Waals surface area contributed by atoms with Crippen LogP contribution in [0.4, 0.5) is 5.69 Å². The van der Waals surface area contributed by atoms with Gasteiger partial charge in [0.15, 0.2) is 5.76 Å². The fourth-order valence-corrected chi connectivity index (χ4v) is 1.10. The summed E-state index contributed by atoms with van der Waals surface area (Å²) in [4.78, 5) is 3.96. The number of hydrogen-bond donors (Lipinski definition) is 1. The number of aryl methyl sites for hydroxylation is 1.